The highest BCUT2D eigenvalue weighted by atomic mass is 19.4. The van der Waals surface area contributed by atoms with Crippen molar-refractivity contribution < 1.29 is 18.0 Å². The number of Topliss-reactive ketones (excluding diaryl/α,β-unsaturated/α-hetero) is 1. The van der Waals surface area contributed by atoms with Crippen molar-refractivity contribution in [3.8, 4) is 0 Å². The molecular formula is C13H16F3NO. The number of carbonyl (C=O) groups excluding carboxylic acids is 1. The molecule has 100 valence electrons. The number of alkyl halides is 3. The van der Waals surface area contributed by atoms with Gasteiger partial charge in [-0.15, -0.1) is 0 Å². The second-order valence-corrected chi connectivity index (χ2v) is 4.87. The molecule has 0 atom stereocenters. The van der Waals surface area contributed by atoms with Crippen molar-refractivity contribution in [3.63, 3.8) is 0 Å². The summed E-state index contributed by atoms with van der Waals surface area (Å²) in [5.74, 6) is -0.351. The Morgan fingerprint density at radius 2 is 1.89 bits per heavy atom. The van der Waals surface area contributed by atoms with Gasteiger partial charge in [0.2, 0.25) is 0 Å². The predicted octanol–water partition coefficient (Wildman–Crippen LogP) is 4.11. The molecule has 0 aliphatic carbocycles. The Balaban J connectivity index is 3.08. The van der Waals surface area contributed by atoms with Crippen LogP contribution in [0.2, 0.25) is 0 Å². The molecule has 0 bridgehead atoms. The van der Waals surface area contributed by atoms with Crippen LogP contribution < -0.4 is 0 Å². The molecule has 0 unspecified atom stereocenters. The molecule has 18 heavy (non-hydrogen) atoms. The molecule has 2 nitrogen and oxygen atoms in total. The maximum absolute atomic E-state index is 12.5. The first-order valence-corrected chi connectivity index (χ1v) is 5.77. The molecule has 0 aliphatic rings. The Hall–Kier alpha value is -1.39. The van der Waals surface area contributed by atoms with Gasteiger partial charge in [0.15, 0.2) is 5.78 Å². The summed E-state index contributed by atoms with van der Waals surface area (Å²) < 4.78 is 37.5. The topological polar surface area (TPSA) is 30.0 Å². The van der Waals surface area contributed by atoms with Crippen LogP contribution in [-0.4, -0.2) is 10.8 Å². The molecule has 0 N–H and O–H groups in total. The highest BCUT2D eigenvalue weighted by Crippen LogP contribution is 2.30. The Morgan fingerprint density at radius 1 is 1.28 bits per heavy atom. The summed E-state index contributed by atoms with van der Waals surface area (Å²) in [6.45, 7) is 5.37. The molecule has 0 saturated heterocycles. The maximum Gasteiger partial charge on any atom is 0.433 e. The van der Waals surface area contributed by atoms with E-state index in [1.54, 1.807) is 13.8 Å². The van der Waals surface area contributed by atoms with E-state index >= 15 is 0 Å². The van der Waals surface area contributed by atoms with Gasteiger partial charge in [0.05, 0.1) is 0 Å². The lowest BCUT2D eigenvalue weighted by molar-refractivity contribution is -0.141. The van der Waals surface area contributed by atoms with E-state index in [2.05, 4.69) is 4.98 Å². The number of hydrogen-bond acceptors (Lipinski definition) is 2. The summed E-state index contributed by atoms with van der Waals surface area (Å²) in [6, 6.07) is 3.41. The minimum Gasteiger partial charge on any atom is -0.292 e. The summed E-state index contributed by atoms with van der Waals surface area (Å²) in [5, 5.41) is 0. The number of carbonyl (C=O) groups is 1. The molecule has 0 fully saturated rings. The minimum atomic E-state index is -4.52. The molecule has 0 saturated carbocycles. The van der Waals surface area contributed by atoms with Crippen molar-refractivity contribution in [1.82, 2.24) is 4.98 Å². The van der Waals surface area contributed by atoms with E-state index in [4.69, 9.17) is 0 Å². The van der Waals surface area contributed by atoms with Crippen LogP contribution in [0.4, 0.5) is 13.2 Å². The van der Waals surface area contributed by atoms with Crippen LogP contribution in [0.5, 0.6) is 0 Å². The molecule has 5 heteroatoms. The largest absolute Gasteiger partial charge is 0.433 e. The number of aromatic nitrogens is 1. The quantitative estimate of drug-likeness (QED) is 0.762. The van der Waals surface area contributed by atoms with E-state index in [0.29, 0.717) is 6.42 Å². The van der Waals surface area contributed by atoms with Gasteiger partial charge in [-0.2, -0.15) is 13.2 Å². The predicted molar refractivity (Wildman–Crippen MR) is 62.3 cm³/mol. The standard InChI is InChI=1S/C13H16F3NO/c1-4-8-12(2,3)11(18)9-6-5-7-10(17-9)13(14,15)16/h5-7H,4,8H2,1-3H3. The van der Waals surface area contributed by atoms with E-state index in [1.165, 1.54) is 12.1 Å². The van der Waals surface area contributed by atoms with Crippen LogP contribution in [0.3, 0.4) is 0 Å². The summed E-state index contributed by atoms with van der Waals surface area (Å²) in [6.07, 6.45) is -3.12. The van der Waals surface area contributed by atoms with E-state index in [0.717, 1.165) is 12.5 Å². The van der Waals surface area contributed by atoms with Crippen LogP contribution >= 0.6 is 0 Å². The molecule has 0 aliphatic heterocycles. The molecule has 1 aromatic heterocycles. The number of pyridine rings is 1. The van der Waals surface area contributed by atoms with Gasteiger partial charge in [-0.3, -0.25) is 4.79 Å². The zero-order chi connectivity index (χ0) is 14.0. The average Bonchev–Trinajstić information content (AvgIpc) is 2.27. The third-order valence-electron chi connectivity index (χ3n) is 2.76. The first kappa shape index (κ1) is 14.7. The third kappa shape index (κ3) is 3.31. The van der Waals surface area contributed by atoms with Crippen LogP contribution in [-0.2, 0) is 6.18 Å². The van der Waals surface area contributed by atoms with Gasteiger partial charge in [0.25, 0.3) is 0 Å². The second kappa shape index (κ2) is 5.08. The highest BCUT2D eigenvalue weighted by Gasteiger charge is 2.34. The zero-order valence-electron chi connectivity index (χ0n) is 10.6. The fourth-order valence-electron chi connectivity index (χ4n) is 1.80. The van der Waals surface area contributed by atoms with Gasteiger partial charge in [-0.25, -0.2) is 4.98 Å². The van der Waals surface area contributed by atoms with Crippen molar-refractivity contribution in [2.45, 2.75) is 39.8 Å². The fourth-order valence-corrected chi connectivity index (χ4v) is 1.80. The smallest absolute Gasteiger partial charge is 0.292 e. The lowest BCUT2D eigenvalue weighted by Gasteiger charge is -2.22. The van der Waals surface area contributed by atoms with E-state index in [1.807, 2.05) is 6.92 Å². The Bertz CT molecular complexity index is 438. The first-order valence-electron chi connectivity index (χ1n) is 5.77. The minimum absolute atomic E-state index is 0.122. The zero-order valence-corrected chi connectivity index (χ0v) is 10.6. The van der Waals surface area contributed by atoms with Gasteiger partial charge < -0.3 is 0 Å². The third-order valence-corrected chi connectivity index (χ3v) is 2.76. The summed E-state index contributed by atoms with van der Waals surface area (Å²) in [5.41, 5.74) is -1.84. The van der Waals surface area contributed by atoms with E-state index < -0.39 is 17.3 Å². The van der Waals surface area contributed by atoms with Crippen molar-refractivity contribution in [1.29, 1.82) is 0 Å². The highest BCUT2D eigenvalue weighted by molar-refractivity contribution is 5.98. The van der Waals surface area contributed by atoms with Crippen LogP contribution in [0.25, 0.3) is 0 Å². The molecule has 0 spiro atoms. The Kier molecular flexibility index (Phi) is 4.14. The molecule has 0 amide bonds. The fraction of sp³-hybridized carbons (Fsp3) is 0.538. The van der Waals surface area contributed by atoms with Gasteiger partial charge >= 0.3 is 6.18 Å². The van der Waals surface area contributed by atoms with Crippen molar-refractivity contribution in [2.75, 3.05) is 0 Å². The van der Waals surface area contributed by atoms with Crippen LogP contribution in [0, 0.1) is 5.41 Å². The van der Waals surface area contributed by atoms with E-state index in [-0.39, 0.29) is 11.5 Å². The molecule has 1 aromatic rings. The SMILES string of the molecule is CCCC(C)(C)C(=O)c1cccc(C(F)(F)F)n1. The monoisotopic (exact) mass is 259 g/mol. The molecule has 0 aromatic carbocycles. The number of halogens is 3. The Morgan fingerprint density at radius 3 is 2.39 bits per heavy atom. The van der Waals surface area contributed by atoms with Crippen molar-refractivity contribution in [2.24, 2.45) is 5.41 Å². The molecular weight excluding hydrogens is 243 g/mol. The molecule has 0 radical (unpaired) electrons. The number of rotatable bonds is 4. The molecule has 1 rings (SSSR count). The second-order valence-electron chi connectivity index (χ2n) is 4.87. The van der Waals surface area contributed by atoms with Crippen molar-refractivity contribution >= 4 is 5.78 Å². The number of nitrogens with zero attached hydrogens (tertiary/aromatic N) is 1. The maximum atomic E-state index is 12.5. The summed E-state index contributed by atoms with van der Waals surface area (Å²) >= 11 is 0. The average molecular weight is 259 g/mol. The van der Waals surface area contributed by atoms with Gasteiger partial charge in [-0.1, -0.05) is 33.3 Å². The van der Waals surface area contributed by atoms with Gasteiger partial charge in [0.1, 0.15) is 11.4 Å². The summed E-state index contributed by atoms with van der Waals surface area (Å²) in [7, 11) is 0. The van der Waals surface area contributed by atoms with Crippen LogP contribution in [0.15, 0.2) is 18.2 Å². The molecule has 1 heterocycles. The number of hydrogen-bond donors (Lipinski definition) is 0. The lowest BCUT2D eigenvalue weighted by Crippen LogP contribution is -2.25. The number of ketones is 1. The first-order chi connectivity index (χ1) is 8.18. The lowest BCUT2D eigenvalue weighted by atomic mass is 9.82. The van der Waals surface area contributed by atoms with Gasteiger partial charge in [0, 0.05) is 5.41 Å². The summed E-state index contributed by atoms with van der Waals surface area (Å²) in [4.78, 5) is 15.5. The normalized spacial score (nSPS) is 12.6. The Labute approximate surface area is 104 Å². The van der Waals surface area contributed by atoms with Crippen molar-refractivity contribution in [3.05, 3.63) is 29.6 Å². The van der Waals surface area contributed by atoms with Crippen LogP contribution in [0.1, 0.15) is 49.8 Å². The van der Waals surface area contributed by atoms with Gasteiger partial charge in [-0.05, 0) is 18.6 Å². The van der Waals surface area contributed by atoms with E-state index in [9.17, 15) is 18.0 Å².